The lowest BCUT2D eigenvalue weighted by molar-refractivity contribution is -0.121. The summed E-state index contributed by atoms with van der Waals surface area (Å²) in [4.78, 5) is 23.7. The molecule has 0 unspecified atom stereocenters. The number of nitrogens with one attached hydrogen (secondary N) is 2. The van der Waals surface area contributed by atoms with Gasteiger partial charge >= 0.3 is 0 Å². The largest absolute Gasteiger partial charge is 0.494 e. The van der Waals surface area contributed by atoms with Crippen LogP contribution in [0.4, 0.5) is 0 Å². The molecule has 2 amide bonds. The SMILES string of the molecule is Cc1ccc(OCCCC(=O)NCCNC(=O)c2cccc(C)c2)cc1. The van der Waals surface area contributed by atoms with E-state index in [1.807, 2.05) is 56.3 Å². The summed E-state index contributed by atoms with van der Waals surface area (Å²) in [6.45, 7) is 5.28. The van der Waals surface area contributed by atoms with Crippen molar-refractivity contribution in [3.63, 3.8) is 0 Å². The summed E-state index contributed by atoms with van der Waals surface area (Å²) in [7, 11) is 0. The summed E-state index contributed by atoms with van der Waals surface area (Å²) in [6.07, 6.45) is 1.05. The van der Waals surface area contributed by atoms with Gasteiger partial charge in [-0.15, -0.1) is 0 Å². The fourth-order valence-corrected chi connectivity index (χ4v) is 2.41. The first-order valence-corrected chi connectivity index (χ1v) is 8.85. The number of rotatable bonds is 9. The third-order valence-corrected chi connectivity index (χ3v) is 3.85. The van der Waals surface area contributed by atoms with E-state index in [2.05, 4.69) is 10.6 Å². The van der Waals surface area contributed by atoms with E-state index in [0.29, 0.717) is 38.1 Å². The van der Waals surface area contributed by atoms with Crippen LogP contribution in [0.5, 0.6) is 5.75 Å². The van der Waals surface area contributed by atoms with Crippen LogP contribution < -0.4 is 15.4 Å². The van der Waals surface area contributed by atoms with Crippen molar-refractivity contribution in [2.75, 3.05) is 19.7 Å². The molecule has 5 nitrogen and oxygen atoms in total. The zero-order valence-corrected chi connectivity index (χ0v) is 15.4. The topological polar surface area (TPSA) is 67.4 Å². The van der Waals surface area contributed by atoms with Gasteiger partial charge < -0.3 is 15.4 Å². The molecule has 138 valence electrons. The summed E-state index contributed by atoms with van der Waals surface area (Å²) in [5.74, 6) is 0.645. The van der Waals surface area contributed by atoms with Crippen LogP contribution in [0.3, 0.4) is 0 Å². The van der Waals surface area contributed by atoms with E-state index in [1.54, 1.807) is 6.07 Å². The van der Waals surface area contributed by atoms with Crippen molar-refractivity contribution in [2.45, 2.75) is 26.7 Å². The predicted octanol–water partition coefficient (Wildman–Crippen LogP) is 3.01. The monoisotopic (exact) mass is 354 g/mol. The van der Waals surface area contributed by atoms with E-state index < -0.39 is 0 Å². The molecule has 0 aliphatic carbocycles. The highest BCUT2D eigenvalue weighted by atomic mass is 16.5. The standard InChI is InChI=1S/C21H26N2O3/c1-16-8-10-19(11-9-16)26-14-4-7-20(24)22-12-13-23-21(25)18-6-3-5-17(2)15-18/h3,5-6,8-11,15H,4,7,12-14H2,1-2H3,(H,22,24)(H,23,25). The molecule has 2 aromatic rings. The Morgan fingerprint density at radius 2 is 1.65 bits per heavy atom. The van der Waals surface area contributed by atoms with E-state index in [9.17, 15) is 9.59 Å². The van der Waals surface area contributed by atoms with Crippen molar-refractivity contribution in [1.29, 1.82) is 0 Å². The first kappa shape index (κ1) is 19.5. The van der Waals surface area contributed by atoms with Gasteiger partial charge in [0.15, 0.2) is 0 Å². The van der Waals surface area contributed by atoms with Gasteiger partial charge in [0.2, 0.25) is 5.91 Å². The van der Waals surface area contributed by atoms with Crippen molar-refractivity contribution < 1.29 is 14.3 Å². The first-order chi connectivity index (χ1) is 12.5. The van der Waals surface area contributed by atoms with Gasteiger partial charge in [-0.3, -0.25) is 9.59 Å². The fourth-order valence-electron chi connectivity index (χ4n) is 2.41. The van der Waals surface area contributed by atoms with Crippen LogP contribution in [-0.2, 0) is 4.79 Å². The van der Waals surface area contributed by atoms with Crippen molar-refractivity contribution >= 4 is 11.8 Å². The Morgan fingerprint density at radius 3 is 2.38 bits per heavy atom. The number of hydrogen-bond acceptors (Lipinski definition) is 3. The summed E-state index contributed by atoms with van der Waals surface area (Å²) in [5.41, 5.74) is 2.86. The second-order valence-corrected chi connectivity index (χ2v) is 6.24. The average molecular weight is 354 g/mol. The molecule has 0 aliphatic rings. The highest BCUT2D eigenvalue weighted by Gasteiger charge is 2.05. The Bertz CT molecular complexity index is 726. The number of hydrogen-bond donors (Lipinski definition) is 2. The molecule has 5 heteroatoms. The van der Waals surface area contributed by atoms with Gasteiger partial charge in [0.05, 0.1) is 6.61 Å². The lowest BCUT2D eigenvalue weighted by Gasteiger charge is -2.08. The Balaban J connectivity index is 1.54. The lowest BCUT2D eigenvalue weighted by atomic mass is 10.1. The molecule has 0 atom stereocenters. The molecule has 0 spiro atoms. The number of carbonyl (C=O) groups is 2. The Hall–Kier alpha value is -2.82. The zero-order valence-electron chi connectivity index (χ0n) is 15.4. The summed E-state index contributed by atoms with van der Waals surface area (Å²) < 4.78 is 5.59. The summed E-state index contributed by atoms with van der Waals surface area (Å²) in [5, 5.41) is 5.59. The number of ether oxygens (including phenoxy) is 1. The normalized spacial score (nSPS) is 10.2. The molecule has 0 fully saturated rings. The molecular formula is C21H26N2O3. The van der Waals surface area contributed by atoms with Crippen LogP contribution in [0.2, 0.25) is 0 Å². The Kier molecular flexibility index (Phi) is 7.68. The van der Waals surface area contributed by atoms with E-state index in [-0.39, 0.29) is 11.8 Å². The van der Waals surface area contributed by atoms with Gasteiger partial charge in [-0.1, -0.05) is 35.4 Å². The third kappa shape index (κ3) is 6.97. The highest BCUT2D eigenvalue weighted by Crippen LogP contribution is 2.11. The number of amides is 2. The number of carbonyl (C=O) groups excluding carboxylic acids is 2. The van der Waals surface area contributed by atoms with Crippen molar-refractivity contribution in [1.82, 2.24) is 10.6 Å². The molecule has 2 aromatic carbocycles. The molecule has 2 N–H and O–H groups in total. The van der Waals surface area contributed by atoms with Gasteiger partial charge in [-0.2, -0.15) is 0 Å². The minimum atomic E-state index is -0.130. The molecule has 0 radical (unpaired) electrons. The maximum Gasteiger partial charge on any atom is 0.251 e. The maximum atomic E-state index is 12.0. The summed E-state index contributed by atoms with van der Waals surface area (Å²) in [6, 6.07) is 15.2. The van der Waals surface area contributed by atoms with E-state index in [0.717, 1.165) is 11.3 Å². The molecule has 0 aliphatic heterocycles. The Labute approximate surface area is 154 Å². The van der Waals surface area contributed by atoms with Crippen molar-refractivity contribution in [3.8, 4) is 5.75 Å². The highest BCUT2D eigenvalue weighted by molar-refractivity contribution is 5.94. The van der Waals surface area contributed by atoms with Crippen molar-refractivity contribution in [2.24, 2.45) is 0 Å². The molecule has 2 rings (SSSR count). The molecule has 0 saturated carbocycles. The molecule has 0 aromatic heterocycles. The van der Waals surface area contributed by atoms with E-state index >= 15 is 0 Å². The predicted molar refractivity (Wildman–Crippen MR) is 102 cm³/mol. The van der Waals surface area contributed by atoms with Gasteiger partial charge in [-0.05, 0) is 44.5 Å². The lowest BCUT2D eigenvalue weighted by Crippen LogP contribution is -2.34. The number of aryl methyl sites for hydroxylation is 2. The van der Waals surface area contributed by atoms with Gasteiger partial charge in [0, 0.05) is 25.1 Å². The second kappa shape index (κ2) is 10.2. The van der Waals surface area contributed by atoms with Crippen LogP contribution in [0.15, 0.2) is 48.5 Å². The maximum absolute atomic E-state index is 12.0. The van der Waals surface area contributed by atoms with Gasteiger partial charge in [-0.25, -0.2) is 0 Å². The van der Waals surface area contributed by atoms with E-state index in [1.165, 1.54) is 5.56 Å². The van der Waals surface area contributed by atoms with Crippen LogP contribution >= 0.6 is 0 Å². The first-order valence-electron chi connectivity index (χ1n) is 8.85. The smallest absolute Gasteiger partial charge is 0.251 e. The fraction of sp³-hybridized carbons (Fsp3) is 0.333. The van der Waals surface area contributed by atoms with Crippen molar-refractivity contribution in [3.05, 3.63) is 65.2 Å². The van der Waals surface area contributed by atoms with Crippen LogP contribution in [-0.4, -0.2) is 31.5 Å². The molecule has 0 bridgehead atoms. The Morgan fingerprint density at radius 1 is 0.923 bits per heavy atom. The minimum absolute atomic E-state index is 0.0395. The van der Waals surface area contributed by atoms with E-state index in [4.69, 9.17) is 4.74 Å². The molecule has 26 heavy (non-hydrogen) atoms. The van der Waals surface area contributed by atoms with Crippen LogP contribution in [0.25, 0.3) is 0 Å². The quantitative estimate of drug-likeness (QED) is 0.680. The third-order valence-electron chi connectivity index (χ3n) is 3.85. The zero-order chi connectivity index (χ0) is 18.8. The van der Waals surface area contributed by atoms with Gasteiger partial charge in [0.25, 0.3) is 5.91 Å². The second-order valence-electron chi connectivity index (χ2n) is 6.24. The van der Waals surface area contributed by atoms with Crippen LogP contribution in [0.1, 0.15) is 34.3 Å². The molecular weight excluding hydrogens is 328 g/mol. The molecule has 0 saturated heterocycles. The molecule has 0 heterocycles. The summed E-state index contributed by atoms with van der Waals surface area (Å²) >= 11 is 0. The van der Waals surface area contributed by atoms with Crippen LogP contribution in [0, 0.1) is 13.8 Å². The average Bonchev–Trinajstić information content (AvgIpc) is 2.63. The minimum Gasteiger partial charge on any atom is -0.494 e. The number of benzene rings is 2. The van der Waals surface area contributed by atoms with Gasteiger partial charge in [0.1, 0.15) is 5.75 Å².